The summed E-state index contributed by atoms with van der Waals surface area (Å²) in [6, 6.07) is -0.984. The predicted octanol–water partition coefficient (Wildman–Crippen LogP) is -5.86. The quantitative estimate of drug-likeness (QED) is 0.223. The molecule has 2 aliphatic heterocycles. The molecule has 0 spiro atoms. The van der Waals surface area contributed by atoms with Gasteiger partial charge in [-0.25, -0.2) is 0 Å². The normalized spacial score (nSPS) is 48.0. The first-order valence-electron chi connectivity index (χ1n) is 8.01. The Morgan fingerprint density at radius 2 is 1.81 bits per heavy atom. The molecule has 2 heterocycles. The van der Waals surface area contributed by atoms with Crippen LogP contribution in [0.2, 0.25) is 0 Å². The number of aliphatic hydroxyl groups excluding tert-OH is 7. The number of carbonyl (C=O) groups is 1. The summed E-state index contributed by atoms with van der Waals surface area (Å²) in [7, 11) is 0. The van der Waals surface area contributed by atoms with E-state index >= 15 is 0 Å². The second kappa shape index (κ2) is 7.98. The van der Waals surface area contributed by atoms with E-state index in [9.17, 15) is 40.5 Å². The Morgan fingerprint density at radius 1 is 1.19 bits per heavy atom. The van der Waals surface area contributed by atoms with Gasteiger partial charge in [-0.3, -0.25) is 4.79 Å². The van der Waals surface area contributed by atoms with Crippen LogP contribution in [0.25, 0.3) is 0 Å². The molecule has 9 N–H and O–H groups in total. The van der Waals surface area contributed by atoms with Crippen molar-refractivity contribution >= 4 is 5.91 Å². The van der Waals surface area contributed by atoms with E-state index in [-0.39, 0.29) is 6.61 Å². The average molecular weight is 383 g/mol. The minimum Gasteiger partial charge on any atom is -0.394 e. The monoisotopic (exact) mass is 383 g/mol. The highest BCUT2D eigenvalue weighted by Crippen LogP contribution is 2.35. The molecular formula is C14H25NO11. The van der Waals surface area contributed by atoms with Crippen LogP contribution >= 0.6 is 0 Å². The van der Waals surface area contributed by atoms with Crippen LogP contribution in [0, 0.1) is 0 Å². The van der Waals surface area contributed by atoms with Crippen molar-refractivity contribution in [1.29, 1.82) is 0 Å². The minimum absolute atomic E-state index is 0.343. The van der Waals surface area contributed by atoms with Gasteiger partial charge in [-0.1, -0.05) is 0 Å². The van der Waals surface area contributed by atoms with Crippen LogP contribution < -0.4 is 5.32 Å². The molecule has 0 aromatic carbocycles. The van der Waals surface area contributed by atoms with Gasteiger partial charge in [-0.15, -0.1) is 0 Å². The number of amides is 1. The van der Waals surface area contributed by atoms with E-state index in [1.165, 1.54) is 6.92 Å². The van der Waals surface area contributed by atoms with Crippen LogP contribution in [-0.4, -0.2) is 121 Å². The fraction of sp³-hybridized carbons (Fsp3) is 0.929. The summed E-state index contributed by atoms with van der Waals surface area (Å²) in [5.41, 5.74) is -2.89. The number of carbonyl (C=O) groups excluding carboxylic acids is 1. The Labute approximate surface area is 148 Å². The van der Waals surface area contributed by atoms with E-state index < -0.39 is 73.2 Å². The first kappa shape index (κ1) is 21.4. The Balaban J connectivity index is 2.19. The fourth-order valence-electron chi connectivity index (χ4n) is 3.22. The van der Waals surface area contributed by atoms with E-state index in [0.717, 1.165) is 0 Å². The van der Waals surface area contributed by atoms with Crippen molar-refractivity contribution in [2.75, 3.05) is 13.2 Å². The van der Waals surface area contributed by atoms with Gasteiger partial charge in [0, 0.05) is 6.92 Å². The molecule has 1 amide bonds. The molecule has 12 heteroatoms. The summed E-state index contributed by atoms with van der Waals surface area (Å²) in [6.07, 6.45) is -15.0. The third kappa shape index (κ3) is 3.57. The first-order chi connectivity index (χ1) is 12.0. The summed E-state index contributed by atoms with van der Waals surface area (Å²) >= 11 is 0. The fourth-order valence-corrected chi connectivity index (χ4v) is 3.22. The molecule has 10 atom stereocenters. The lowest BCUT2D eigenvalue weighted by Gasteiger charge is -2.51. The van der Waals surface area contributed by atoms with Crippen LogP contribution in [0.1, 0.15) is 6.92 Å². The maximum absolute atomic E-state index is 11.1. The van der Waals surface area contributed by atoms with Gasteiger partial charge < -0.3 is 55.6 Å². The highest BCUT2D eigenvalue weighted by molar-refractivity contribution is 5.73. The van der Waals surface area contributed by atoms with Gasteiger partial charge in [0.15, 0.2) is 11.9 Å². The van der Waals surface area contributed by atoms with Crippen molar-refractivity contribution in [2.24, 2.45) is 0 Å². The number of aliphatic hydroxyl groups is 8. The molecular weight excluding hydrogens is 358 g/mol. The lowest BCUT2D eigenvalue weighted by Crippen LogP contribution is -2.75. The Bertz CT molecular complexity index is 507. The van der Waals surface area contributed by atoms with E-state index in [2.05, 4.69) is 5.32 Å². The highest BCUT2D eigenvalue weighted by Gasteiger charge is 2.62. The largest absolute Gasteiger partial charge is 0.394 e. The smallest absolute Gasteiger partial charge is 0.217 e. The van der Waals surface area contributed by atoms with Crippen molar-refractivity contribution in [3.05, 3.63) is 0 Å². The maximum Gasteiger partial charge on any atom is 0.217 e. The minimum atomic E-state index is -2.89. The zero-order valence-corrected chi connectivity index (χ0v) is 13.9. The lowest BCUT2D eigenvalue weighted by molar-refractivity contribution is -0.362. The maximum atomic E-state index is 11.1. The molecule has 26 heavy (non-hydrogen) atoms. The van der Waals surface area contributed by atoms with Crippen LogP contribution in [0.15, 0.2) is 0 Å². The van der Waals surface area contributed by atoms with E-state index in [1.54, 1.807) is 0 Å². The summed E-state index contributed by atoms with van der Waals surface area (Å²) in [4.78, 5) is 11.1. The Kier molecular flexibility index (Phi) is 6.56. The molecule has 0 radical (unpaired) electrons. The zero-order valence-electron chi connectivity index (χ0n) is 13.9. The molecule has 12 nitrogen and oxygen atoms in total. The summed E-state index contributed by atoms with van der Waals surface area (Å²) in [5.74, 6) is -0.493. The first-order valence-corrected chi connectivity index (χ1v) is 8.01. The zero-order chi connectivity index (χ0) is 19.8. The summed E-state index contributed by atoms with van der Waals surface area (Å²) in [5, 5.41) is 82.6. The SMILES string of the molecule is CC(=O)N[C@@H]1CO[C@H](C(O)[C@]2(O)[C@@H](O)O[C@H](CO)[C@H](O)[C@@H]2O)[C@@H](O)[C@@H]1O. The topological polar surface area (TPSA) is 209 Å². The molecule has 152 valence electrons. The molecule has 0 saturated carbocycles. The molecule has 2 rings (SSSR count). The van der Waals surface area contributed by atoms with Gasteiger partial charge in [0.05, 0.1) is 19.3 Å². The molecule has 2 fully saturated rings. The molecule has 2 saturated heterocycles. The second-order valence-corrected chi connectivity index (χ2v) is 6.56. The predicted molar refractivity (Wildman–Crippen MR) is 80.3 cm³/mol. The van der Waals surface area contributed by atoms with E-state index in [1.807, 2.05) is 0 Å². The second-order valence-electron chi connectivity index (χ2n) is 6.56. The number of nitrogens with one attached hydrogen (secondary N) is 1. The molecule has 0 aromatic rings. The summed E-state index contributed by atoms with van der Waals surface area (Å²) in [6.45, 7) is 0.0689. The van der Waals surface area contributed by atoms with Crippen LogP contribution in [0.5, 0.6) is 0 Å². The van der Waals surface area contributed by atoms with Crippen LogP contribution in [0.3, 0.4) is 0 Å². The van der Waals surface area contributed by atoms with Crippen molar-refractivity contribution in [3.8, 4) is 0 Å². The third-order valence-electron chi connectivity index (χ3n) is 4.80. The van der Waals surface area contributed by atoms with Gasteiger partial charge in [-0.05, 0) is 0 Å². The van der Waals surface area contributed by atoms with Gasteiger partial charge >= 0.3 is 0 Å². The van der Waals surface area contributed by atoms with Crippen molar-refractivity contribution in [2.45, 2.75) is 67.6 Å². The van der Waals surface area contributed by atoms with Gasteiger partial charge in [-0.2, -0.15) is 0 Å². The number of hydrogen-bond donors (Lipinski definition) is 9. The lowest BCUT2D eigenvalue weighted by atomic mass is 9.77. The van der Waals surface area contributed by atoms with E-state index in [4.69, 9.17) is 14.6 Å². The van der Waals surface area contributed by atoms with Crippen LogP contribution in [-0.2, 0) is 14.3 Å². The molecule has 2 aliphatic rings. The number of ether oxygens (including phenoxy) is 2. The van der Waals surface area contributed by atoms with Gasteiger partial charge in [0.2, 0.25) is 5.91 Å². The molecule has 0 aliphatic carbocycles. The molecule has 0 bridgehead atoms. The highest BCUT2D eigenvalue weighted by atomic mass is 16.6. The number of hydrogen-bond acceptors (Lipinski definition) is 11. The van der Waals surface area contributed by atoms with Crippen molar-refractivity contribution in [1.82, 2.24) is 5.32 Å². The van der Waals surface area contributed by atoms with Crippen molar-refractivity contribution in [3.63, 3.8) is 0 Å². The third-order valence-corrected chi connectivity index (χ3v) is 4.80. The standard InChI is InChI=1S/C14H25NO11/c1-4(17)15-5-3-25-10(9(20)7(5)18)12(22)14(24)11(21)8(19)6(2-16)26-13(14)23/h5-13,16,18-24H,2-3H2,1H3,(H,15,17)/t5-,6-,7-,8+,9+,10+,11+,12?,13+,14+/m1/s1. The average Bonchev–Trinajstić information content (AvgIpc) is 2.59. The van der Waals surface area contributed by atoms with E-state index in [0.29, 0.717) is 0 Å². The Morgan fingerprint density at radius 3 is 2.35 bits per heavy atom. The molecule has 1 unspecified atom stereocenters. The Hall–Kier alpha value is -0.930. The van der Waals surface area contributed by atoms with Gasteiger partial charge in [0.25, 0.3) is 0 Å². The van der Waals surface area contributed by atoms with Gasteiger partial charge in [0.1, 0.15) is 42.7 Å². The summed E-state index contributed by atoms with van der Waals surface area (Å²) < 4.78 is 10.0. The van der Waals surface area contributed by atoms with Crippen molar-refractivity contribution < 1.29 is 55.1 Å². The number of rotatable bonds is 4. The molecule has 0 aromatic heterocycles. The van der Waals surface area contributed by atoms with Crippen LogP contribution in [0.4, 0.5) is 0 Å².